The number of hydrogen-bond acceptors (Lipinski definition) is 9. The fourth-order valence-corrected chi connectivity index (χ4v) is 5.33. The summed E-state index contributed by atoms with van der Waals surface area (Å²) in [5.74, 6) is -0.250. The van der Waals surface area contributed by atoms with Crippen molar-refractivity contribution >= 4 is 61.5 Å². The van der Waals surface area contributed by atoms with Crippen LogP contribution in [0.5, 0.6) is 0 Å². The number of pyridine rings is 2. The van der Waals surface area contributed by atoms with Gasteiger partial charge in [0.05, 0.1) is 40.9 Å². The third kappa shape index (κ3) is 6.27. The lowest BCUT2D eigenvalue weighted by Gasteiger charge is -2.26. The summed E-state index contributed by atoms with van der Waals surface area (Å²) in [6, 6.07) is 9.27. The largest absolute Gasteiger partial charge is 0.379 e. The minimum atomic E-state index is -3.68. The van der Waals surface area contributed by atoms with Crippen LogP contribution >= 0.6 is 23.2 Å². The Kier molecular flexibility index (Phi) is 7.86. The zero-order valence-corrected chi connectivity index (χ0v) is 22.2. The lowest BCUT2D eigenvalue weighted by Crippen LogP contribution is -2.39. The first-order valence-corrected chi connectivity index (χ1v) is 14.0. The van der Waals surface area contributed by atoms with Crippen molar-refractivity contribution in [2.45, 2.75) is 0 Å². The molecule has 1 saturated heterocycles. The van der Waals surface area contributed by atoms with E-state index in [2.05, 4.69) is 30.0 Å². The third-order valence-corrected chi connectivity index (χ3v) is 7.69. The van der Waals surface area contributed by atoms with Crippen LogP contribution in [0.1, 0.15) is 0 Å². The molecule has 0 atom stereocenters. The Morgan fingerprint density at radius 3 is 2.66 bits per heavy atom. The maximum absolute atomic E-state index is 13.6. The molecule has 4 heterocycles. The van der Waals surface area contributed by atoms with Crippen molar-refractivity contribution in [1.29, 1.82) is 0 Å². The Balaban J connectivity index is 1.40. The number of nitrogens with one attached hydrogen (secondary N) is 2. The predicted molar refractivity (Wildman–Crippen MR) is 145 cm³/mol. The number of fused-ring (bicyclic) bond motifs is 1. The van der Waals surface area contributed by atoms with Crippen molar-refractivity contribution in [2.75, 3.05) is 48.6 Å². The number of aromatic nitrogens is 4. The van der Waals surface area contributed by atoms with Gasteiger partial charge in [0.25, 0.3) is 0 Å². The van der Waals surface area contributed by atoms with Crippen LogP contribution in [0.15, 0.2) is 48.9 Å². The maximum Gasteiger partial charge on any atom is 0.234 e. The van der Waals surface area contributed by atoms with Crippen molar-refractivity contribution in [3.05, 3.63) is 64.9 Å². The molecule has 10 nitrogen and oxygen atoms in total. The number of ether oxygens (including phenoxy) is 1. The molecular weight excluding hydrogens is 556 g/mol. The second kappa shape index (κ2) is 11.3. The fourth-order valence-electron chi connectivity index (χ4n) is 3.86. The Labute approximate surface area is 228 Å². The first-order chi connectivity index (χ1) is 18.3. The summed E-state index contributed by atoms with van der Waals surface area (Å²) in [7, 11) is -3.68. The van der Waals surface area contributed by atoms with Crippen LogP contribution < -0.4 is 10.0 Å². The third-order valence-electron chi connectivity index (χ3n) is 5.84. The Hall–Kier alpha value is -3.16. The van der Waals surface area contributed by atoms with Gasteiger partial charge in [-0.3, -0.25) is 9.62 Å². The first kappa shape index (κ1) is 26.4. The van der Waals surface area contributed by atoms with Gasteiger partial charge in [0.2, 0.25) is 10.0 Å². The van der Waals surface area contributed by atoms with Gasteiger partial charge in [0, 0.05) is 37.1 Å². The van der Waals surface area contributed by atoms with Crippen LogP contribution in [-0.2, 0) is 14.8 Å². The van der Waals surface area contributed by atoms with Gasteiger partial charge in [0.1, 0.15) is 17.7 Å². The van der Waals surface area contributed by atoms with E-state index in [1.54, 1.807) is 18.2 Å². The quantitative estimate of drug-likeness (QED) is 0.294. The SMILES string of the molecule is O=S(=O)(CCN1CCOCC1)Nc1cc(-c2ccc3ncnc(Nc4ccc(F)c(Cl)c4)c3n2)cnc1Cl. The smallest absolute Gasteiger partial charge is 0.234 e. The van der Waals surface area contributed by atoms with E-state index in [1.807, 2.05) is 4.90 Å². The van der Waals surface area contributed by atoms with E-state index in [9.17, 15) is 12.8 Å². The lowest BCUT2D eigenvalue weighted by atomic mass is 10.1. The minimum absolute atomic E-state index is 0.0170. The molecule has 0 bridgehead atoms. The summed E-state index contributed by atoms with van der Waals surface area (Å²) in [5, 5.41) is 3.07. The Morgan fingerprint density at radius 1 is 1.05 bits per heavy atom. The summed E-state index contributed by atoms with van der Waals surface area (Å²) in [5.41, 5.74) is 2.69. The molecule has 14 heteroatoms. The van der Waals surface area contributed by atoms with Crippen LogP contribution in [0, 0.1) is 5.82 Å². The van der Waals surface area contributed by atoms with Crippen molar-refractivity contribution in [3.63, 3.8) is 0 Å². The number of halogens is 3. The molecule has 1 aliphatic heterocycles. The van der Waals surface area contributed by atoms with E-state index in [0.29, 0.717) is 66.6 Å². The zero-order valence-electron chi connectivity index (χ0n) is 19.9. The van der Waals surface area contributed by atoms with E-state index in [0.717, 1.165) is 0 Å². The highest BCUT2D eigenvalue weighted by Gasteiger charge is 2.18. The predicted octanol–water partition coefficient (Wildman–Crippen LogP) is 4.35. The summed E-state index contributed by atoms with van der Waals surface area (Å²) in [6.07, 6.45) is 2.88. The van der Waals surface area contributed by atoms with Crippen molar-refractivity contribution < 1.29 is 17.5 Å². The first-order valence-electron chi connectivity index (χ1n) is 11.6. The molecule has 0 radical (unpaired) electrons. The number of benzene rings is 1. The van der Waals surface area contributed by atoms with E-state index in [1.165, 1.54) is 30.7 Å². The summed E-state index contributed by atoms with van der Waals surface area (Å²) < 4.78 is 46.9. The molecule has 3 aromatic heterocycles. The molecule has 0 unspecified atom stereocenters. The summed E-state index contributed by atoms with van der Waals surface area (Å²) >= 11 is 12.1. The Morgan fingerprint density at radius 2 is 1.87 bits per heavy atom. The number of morpholine rings is 1. The molecular formula is C24H22Cl2FN7O3S. The fraction of sp³-hybridized carbons (Fsp3) is 0.250. The molecule has 0 spiro atoms. The molecule has 0 saturated carbocycles. The number of hydrogen-bond donors (Lipinski definition) is 2. The second-order valence-corrected chi connectivity index (χ2v) is 11.1. The number of anilines is 3. The van der Waals surface area contributed by atoms with Crippen LogP contribution in [0.4, 0.5) is 21.6 Å². The van der Waals surface area contributed by atoms with E-state index >= 15 is 0 Å². The topological polar surface area (TPSA) is 122 Å². The highest BCUT2D eigenvalue weighted by molar-refractivity contribution is 7.92. The second-order valence-electron chi connectivity index (χ2n) is 8.48. The van der Waals surface area contributed by atoms with Gasteiger partial charge in [-0.05, 0) is 36.4 Å². The number of nitrogens with zero attached hydrogens (tertiary/aromatic N) is 5. The number of sulfonamides is 1. The molecule has 1 aromatic carbocycles. The van der Waals surface area contributed by atoms with Crippen LogP contribution in [0.2, 0.25) is 10.2 Å². The Bertz CT molecular complexity index is 1590. The molecule has 5 rings (SSSR count). The summed E-state index contributed by atoms with van der Waals surface area (Å²) in [6.45, 7) is 2.93. The van der Waals surface area contributed by atoms with Crippen molar-refractivity contribution in [1.82, 2.24) is 24.8 Å². The monoisotopic (exact) mass is 577 g/mol. The minimum Gasteiger partial charge on any atom is -0.379 e. The molecule has 1 fully saturated rings. The van der Waals surface area contributed by atoms with Gasteiger partial charge in [-0.1, -0.05) is 23.2 Å². The summed E-state index contributed by atoms with van der Waals surface area (Å²) in [4.78, 5) is 19.4. The molecule has 0 amide bonds. The highest BCUT2D eigenvalue weighted by Crippen LogP contribution is 2.30. The molecule has 0 aliphatic carbocycles. The lowest BCUT2D eigenvalue weighted by molar-refractivity contribution is 0.0408. The van der Waals surface area contributed by atoms with Gasteiger partial charge in [0.15, 0.2) is 11.0 Å². The van der Waals surface area contributed by atoms with E-state index < -0.39 is 15.8 Å². The number of rotatable bonds is 8. The van der Waals surface area contributed by atoms with E-state index in [-0.39, 0.29) is 21.6 Å². The molecule has 2 N–H and O–H groups in total. The average Bonchev–Trinajstić information content (AvgIpc) is 2.91. The molecule has 1 aliphatic rings. The van der Waals surface area contributed by atoms with Crippen LogP contribution in [-0.4, -0.2) is 71.9 Å². The van der Waals surface area contributed by atoms with Crippen molar-refractivity contribution in [2.24, 2.45) is 0 Å². The van der Waals surface area contributed by atoms with E-state index in [4.69, 9.17) is 27.9 Å². The van der Waals surface area contributed by atoms with Gasteiger partial charge in [-0.2, -0.15) is 0 Å². The van der Waals surface area contributed by atoms with Crippen molar-refractivity contribution in [3.8, 4) is 11.3 Å². The maximum atomic E-state index is 13.6. The van der Waals surface area contributed by atoms with Gasteiger partial charge >= 0.3 is 0 Å². The van der Waals surface area contributed by atoms with Crippen LogP contribution in [0.3, 0.4) is 0 Å². The van der Waals surface area contributed by atoms with Crippen LogP contribution in [0.25, 0.3) is 22.3 Å². The zero-order chi connectivity index (χ0) is 26.7. The molecule has 4 aromatic rings. The van der Waals surface area contributed by atoms with Gasteiger partial charge in [-0.25, -0.2) is 32.7 Å². The average molecular weight is 578 g/mol. The van der Waals surface area contributed by atoms with Gasteiger partial charge in [-0.15, -0.1) is 0 Å². The molecule has 198 valence electrons. The van der Waals surface area contributed by atoms with Gasteiger partial charge < -0.3 is 10.1 Å². The molecule has 38 heavy (non-hydrogen) atoms. The standard InChI is InChI=1S/C24H22Cl2FN7O3S/c25-17-12-16(1-2-18(17)27)31-24-22-20(29-14-30-24)4-3-19(32-22)15-11-21(23(26)28-13-15)33-38(35,36)10-7-34-5-8-37-9-6-34/h1-4,11-14,33H,5-10H2,(H,29,30,31). The normalized spacial score (nSPS) is 14.5. The highest BCUT2D eigenvalue weighted by atomic mass is 35.5.